The number of aryl methyl sites for hydroxylation is 1. The molecule has 0 bridgehead atoms. The van der Waals surface area contributed by atoms with Gasteiger partial charge in [0, 0.05) is 78.4 Å². The Morgan fingerprint density at radius 3 is 2.45 bits per heavy atom. The van der Waals surface area contributed by atoms with Crippen LogP contribution in [-0.4, -0.2) is 120 Å². The molecule has 9 rings (SSSR count). The number of hydrogen-bond donors (Lipinski definition) is 9. The van der Waals surface area contributed by atoms with Crippen LogP contribution in [0.15, 0.2) is 64.6 Å². The number of nitrogen functional groups attached to an aromatic ring is 1. The number of phosphoric ester groups is 1. The number of rotatable bonds is 16. The molecule has 0 spiro atoms. The van der Waals surface area contributed by atoms with Crippen molar-refractivity contribution in [3.63, 3.8) is 0 Å². The summed E-state index contributed by atoms with van der Waals surface area (Å²) in [6, 6.07) is 16.0. The molecule has 418 valence electrons. The number of carbonyl (C=O) groups excluding carboxylic acids is 3. The normalized spacial score (nSPS) is 22.5. The Bertz CT molecular complexity index is 3530. The van der Waals surface area contributed by atoms with E-state index in [0.717, 1.165) is 51.4 Å². The zero-order valence-electron chi connectivity index (χ0n) is 44.3. The number of alkyl carbamates (subject to hydrolysis) is 1. The van der Waals surface area contributed by atoms with Crippen molar-refractivity contribution in [3.8, 4) is 11.5 Å². The smallest absolute Gasteiger partial charge is 0.456 e. The summed E-state index contributed by atoms with van der Waals surface area (Å²) in [4.78, 5) is 94.6. The van der Waals surface area contributed by atoms with Crippen LogP contribution in [0.3, 0.4) is 0 Å². The summed E-state index contributed by atoms with van der Waals surface area (Å²) < 4.78 is 52.7. The van der Waals surface area contributed by atoms with Crippen molar-refractivity contribution in [2.45, 2.75) is 115 Å². The molecule has 6 heterocycles. The molecular formula is C51H65N10O15P2+. The predicted molar refractivity (Wildman–Crippen MR) is 282 cm³/mol. The minimum atomic E-state index is -5.49. The van der Waals surface area contributed by atoms with E-state index in [4.69, 9.17) is 34.7 Å². The molecule has 2 aromatic heterocycles. The number of hydrogen-bond acceptors (Lipinski definition) is 16. The Kier molecular flexibility index (Phi) is 15.3. The van der Waals surface area contributed by atoms with Crippen molar-refractivity contribution in [2.24, 2.45) is 12.0 Å². The molecule has 0 radical (unpaired) electrons. The van der Waals surface area contributed by atoms with Gasteiger partial charge in [-0.25, -0.2) is 18.5 Å². The van der Waals surface area contributed by atoms with Gasteiger partial charge in [0.15, 0.2) is 12.4 Å². The van der Waals surface area contributed by atoms with Crippen molar-refractivity contribution < 1.29 is 70.9 Å². The first kappa shape index (κ1) is 56.2. The van der Waals surface area contributed by atoms with Crippen LogP contribution in [0, 0.1) is 0 Å². The molecule has 4 aliphatic rings. The first-order valence-corrected chi connectivity index (χ1v) is 28.4. The molecule has 5 aromatic rings. The molecule has 78 heavy (non-hydrogen) atoms. The molecule has 7 atom stereocenters. The van der Waals surface area contributed by atoms with E-state index in [0.29, 0.717) is 23.5 Å². The average Bonchev–Trinajstić information content (AvgIpc) is 3.95. The Hall–Kier alpha value is -6.53. The standard InChI is InChI=1S/C51H64N10O15P2/c1-26-22-50(3,4)57-34-20-36-32(18-30(26)34)40(33-19-31-27(2)23-51(5,6)58-35(31)21-37(33)73-36)28-12-9-10-13-29(28)46(65)59(7)17-11-14-39(62)53-15-16-54-49(66)75-43-42(63)38(24-72-78(70,71)76-77(67,68)69)74-47(43)61-25-60(8)41-44(61)55-48(52)56-45(41)64/h9-10,12-13,18-21,25-27,38,42-43,47,63H,11,14-17,22-24H2,1-8H3,(H8-,52,53,54,55,56,57,58,62,64,66,67,68,69,70,71)/p+1/t26?,27?,38-,42-,43-,47-/m1/s1. The molecule has 3 aromatic carbocycles. The average molecular weight is 1120 g/mol. The molecular weight excluding hydrogens is 1050 g/mol. The number of phosphoric acid groups is 2. The van der Waals surface area contributed by atoms with Crippen LogP contribution in [0.2, 0.25) is 0 Å². The topological polar surface area (TPSA) is 345 Å². The van der Waals surface area contributed by atoms with Gasteiger partial charge in [-0.3, -0.25) is 33.5 Å². The number of aromatic amines is 1. The second-order valence-corrected chi connectivity index (χ2v) is 24.5. The van der Waals surface area contributed by atoms with Crippen LogP contribution in [0.5, 0.6) is 11.5 Å². The number of imidazole rings is 1. The number of aliphatic hydroxyl groups is 1. The lowest BCUT2D eigenvalue weighted by atomic mass is 9.79. The van der Waals surface area contributed by atoms with E-state index < -0.39 is 58.4 Å². The van der Waals surface area contributed by atoms with E-state index in [9.17, 15) is 38.3 Å². The maximum absolute atomic E-state index is 14.6. The summed E-state index contributed by atoms with van der Waals surface area (Å²) in [5.74, 6) is 0.944. The molecule has 0 saturated carbocycles. The fraction of sp³-hybridized carbons (Fsp3) is 0.471. The number of nitrogens with one attached hydrogen (secondary N) is 4. The van der Waals surface area contributed by atoms with Crippen LogP contribution >= 0.6 is 15.6 Å². The van der Waals surface area contributed by atoms with Crippen LogP contribution < -0.4 is 47.1 Å². The summed E-state index contributed by atoms with van der Waals surface area (Å²) in [6.07, 6.45) is -4.12. The molecule has 3 amide bonds. The molecule has 1 fully saturated rings. The third-order valence-electron chi connectivity index (χ3n) is 14.2. The number of benzene rings is 3. The van der Waals surface area contributed by atoms with Gasteiger partial charge in [-0.15, -0.1) is 0 Å². The van der Waals surface area contributed by atoms with Crippen LogP contribution in [0.25, 0.3) is 16.7 Å². The van der Waals surface area contributed by atoms with Gasteiger partial charge in [-0.2, -0.15) is 4.31 Å². The number of amides is 3. The Labute approximate surface area is 447 Å². The van der Waals surface area contributed by atoms with Crippen molar-refractivity contribution in [3.05, 3.63) is 104 Å². The van der Waals surface area contributed by atoms with Gasteiger partial charge in [0.25, 0.3) is 17.4 Å². The third-order valence-corrected chi connectivity index (χ3v) is 16.4. The second kappa shape index (κ2) is 21.3. The minimum absolute atomic E-state index is 0.00552. The van der Waals surface area contributed by atoms with Crippen LogP contribution in [0.4, 0.5) is 16.4 Å². The highest BCUT2D eigenvalue weighted by Gasteiger charge is 2.51. The highest BCUT2D eigenvalue weighted by molar-refractivity contribution is 7.60. The van der Waals surface area contributed by atoms with Gasteiger partial charge in [0.05, 0.1) is 24.6 Å². The first-order chi connectivity index (χ1) is 36.6. The van der Waals surface area contributed by atoms with E-state index >= 15 is 0 Å². The quantitative estimate of drug-likeness (QED) is 0.0381. The molecule has 27 heteroatoms. The van der Waals surface area contributed by atoms with Crippen LogP contribution in [0.1, 0.15) is 118 Å². The Morgan fingerprint density at radius 1 is 0.987 bits per heavy atom. The van der Waals surface area contributed by atoms with Crippen molar-refractivity contribution in [1.82, 2.24) is 30.1 Å². The SMILES string of the molecule is CC1CC(C)(C)Nc2cc3c(cc21)C(c1ccccc1C(=O)N(C)CCCC(=O)NCCNC(=O)O[C@@H]1[C@H](O)[C@@H](COP(=O)(O)OP(=O)(O)O)O[C@H]1[n+]1cn(C)c2c(=O)[nH]c(N)nc21)=c1cc2c(cc1O3)=NC(C)(C)CC2C. The summed E-state index contributed by atoms with van der Waals surface area (Å²) in [7, 11) is -7.70. The lowest BCUT2D eigenvalue weighted by Crippen LogP contribution is -2.49. The Balaban J connectivity index is 0.848. The summed E-state index contributed by atoms with van der Waals surface area (Å²) >= 11 is 0. The highest BCUT2D eigenvalue weighted by Crippen LogP contribution is 2.58. The fourth-order valence-corrected chi connectivity index (χ4v) is 12.7. The molecule has 3 unspecified atom stereocenters. The Morgan fingerprint density at radius 2 is 1.71 bits per heavy atom. The molecule has 1 saturated heterocycles. The van der Waals surface area contributed by atoms with Crippen molar-refractivity contribution in [2.75, 3.05) is 44.3 Å². The molecule has 10 N–H and O–H groups in total. The number of aliphatic hydroxyl groups excluding tert-OH is 1. The lowest BCUT2D eigenvalue weighted by Gasteiger charge is -2.38. The number of aromatic nitrogens is 4. The first-order valence-electron chi connectivity index (χ1n) is 25.4. The van der Waals surface area contributed by atoms with Gasteiger partial charge in [0.1, 0.15) is 23.7 Å². The largest absolute Gasteiger partial charge is 0.481 e. The monoisotopic (exact) mass is 1120 g/mol. The molecule has 0 aliphatic carbocycles. The minimum Gasteiger partial charge on any atom is -0.456 e. The zero-order chi connectivity index (χ0) is 56.4. The number of ether oxygens (including phenoxy) is 3. The third kappa shape index (κ3) is 11.9. The van der Waals surface area contributed by atoms with E-state index in [2.05, 4.69) is 94.5 Å². The van der Waals surface area contributed by atoms with Crippen molar-refractivity contribution in [1.29, 1.82) is 0 Å². The summed E-state index contributed by atoms with van der Waals surface area (Å²) in [6.45, 7) is 12.2. The highest BCUT2D eigenvalue weighted by atomic mass is 31.3. The number of anilines is 2. The maximum atomic E-state index is 14.6. The maximum Gasteiger partial charge on any atom is 0.481 e. The van der Waals surface area contributed by atoms with Gasteiger partial charge >= 0.3 is 27.4 Å². The number of nitrogens with two attached hydrogens (primary N) is 1. The van der Waals surface area contributed by atoms with Gasteiger partial charge < -0.3 is 60.6 Å². The number of fused-ring (bicyclic) bond motifs is 5. The van der Waals surface area contributed by atoms with Crippen molar-refractivity contribution >= 4 is 61.9 Å². The number of nitrogens with zero attached hydrogens (tertiary/aromatic N) is 5. The predicted octanol–water partition coefficient (Wildman–Crippen LogP) is 3.34. The second-order valence-electron chi connectivity index (χ2n) is 21.6. The van der Waals surface area contributed by atoms with Crippen LogP contribution in [-0.2, 0) is 39.3 Å². The summed E-state index contributed by atoms with van der Waals surface area (Å²) in [5.41, 5.74) is 11.1. The lowest BCUT2D eigenvalue weighted by molar-refractivity contribution is -0.745. The fourth-order valence-electron chi connectivity index (χ4n) is 11.1. The van der Waals surface area contributed by atoms with E-state index in [-0.39, 0.29) is 77.9 Å². The number of H-pyrrole nitrogens is 1. The summed E-state index contributed by atoms with van der Waals surface area (Å²) in [5, 5.41) is 21.9. The van der Waals surface area contributed by atoms with E-state index in [1.165, 1.54) is 28.1 Å². The van der Waals surface area contributed by atoms with Gasteiger partial charge in [-0.05, 0) is 93.7 Å². The van der Waals surface area contributed by atoms with Gasteiger partial charge in [0.2, 0.25) is 17.7 Å². The number of carbonyl (C=O) groups is 3. The van der Waals surface area contributed by atoms with Gasteiger partial charge in [-0.1, -0.05) is 37.0 Å². The zero-order valence-corrected chi connectivity index (χ0v) is 46.1. The molecule has 4 aliphatic heterocycles. The van der Waals surface area contributed by atoms with E-state index in [1.807, 2.05) is 30.3 Å². The van der Waals surface area contributed by atoms with E-state index in [1.54, 1.807) is 11.9 Å². The molecule has 25 nitrogen and oxygen atoms in total.